The predicted molar refractivity (Wildman–Crippen MR) is 105 cm³/mol. The summed E-state index contributed by atoms with van der Waals surface area (Å²) >= 11 is 0. The molecule has 0 spiro atoms. The van der Waals surface area contributed by atoms with Crippen LogP contribution in [-0.4, -0.2) is 54.7 Å². The maximum Gasteiger partial charge on any atom is 0.321 e. The largest absolute Gasteiger partial charge is 0.379 e. The lowest BCUT2D eigenvalue weighted by Gasteiger charge is -2.27. The van der Waals surface area contributed by atoms with Crippen LogP contribution in [0, 0.1) is 0 Å². The molecule has 27 heavy (non-hydrogen) atoms. The number of urea groups is 1. The lowest BCUT2D eigenvalue weighted by molar-refractivity contribution is -0.121. The molecule has 1 aromatic rings. The summed E-state index contributed by atoms with van der Waals surface area (Å²) in [4.78, 5) is 26.4. The standard InChI is InChI=1S/C20H32N4O3/c1-15(18(25)22-19(26)23-20(2,3)4)21-13-16-7-5-6-8-17(16)14-24-9-11-27-12-10-24/h5-8,15,21H,9-14H2,1-4H3,(H2,22,23,25,26)/t15-/m0/s1. The van der Waals surface area contributed by atoms with Crippen molar-refractivity contribution in [1.82, 2.24) is 20.9 Å². The van der Waals surface area contributed by atoms with Crippen LogP contribution < -0.4 is 16.0 Å². The first-order chi connectivity index (χ1) is 12.7. The van der Waals surface area contributed by atoms with Crippen LogP contribution in [0.1, 0.15) is 38.8 Å². The number of carbonyl (C=O) groups excluding carboxylic acids is 2. The fourth-order valence-corrected chi connectivity index (χ4v) is 2.83. The Balaban J connectivity index is 1.86. The SMILES string of the molecule is C[C@H](NCc1ccccc1CN1CCOCC1)C(=O)NC(=O)NC(C)(C)C. The molecule has 0 radical (unpaired) electrons. The molecule has 1 aliphatic rings. The van der Waals surface area contributed by atoms with Gasteiger partial charge in [-0.15, -0.1) is 0 Å². The summed E-state index contributed by atoms with van der Waals surface area (Å²) in [6, 6.07) is 7.27. The molecule has 3 N–H and O–H groups in total. The molecule has 0 saturated carbocycles. The first kappa shape index (κ1) is 21.3. The van der Waals surface area contributed by atoms with Crippen molar-refractivity contribution in [3.63, 3.8) is 0 Å². The molecule has 1 saturated heterocycles. The van der Waals surface area contributed by atoms with Gasteiger partial charge in [0, 0.05) is 31.7 Å². The van der Waals surface area contributed by atoms with Gasteiger partial charge in [-0.3, -0.25) is 15.0 Å². The molecule has 0 aliphatic carbocycles. The number of amides is 3. The van der Waals surface area contributed by atoms with Gasteiger partial charge in [0.15, 0.2) is 0 Å². The van der Waals surface area contributed by atoms with Crippen LogP contribution in [0.25, 0.3) is 0 Å². The molecule has 3 amide bonds. The lowest BCUT2D eigenvalue weighted by atomic mass is 10.1. The van der Waals surface area contributed by atoms with Gasteiger partial charge in [0.05, 0.1) is 19.3 Å². The number of nitrogens with one attached hydrogen (secondary N) is 3. The Hall–Kier alpha value is -1.96. The topological polar surface area (TPSA) is 82.7 Å². The van der Waals surface area contributed by atoms with Crippen LogP contribution in [0.4, 0.5) is 4.79 Å². The smallest absolute Gasteiger partial charge is 0.321 e. The molecule has 7 heteroatoms. The van der Waals surface area contributed by atoms with Gasteiger partial charge < -0.3 is 15.4 Å². The average molecular weight is 377 g/mol. The van der Waals surface area contributed by atoms with Crippen LogP contribution in [0.15, 0.2) is 24.3 Å². The molecule has 0 aromatic heterocycles. The number of rotatable bonds is 6. The third-order valence-corrected chi connectivity index (χ3v) is 4.33. The Morgan fingerprint density at radius 2 is 1.78 bits per heavy atom. The first-order valence-electron chi connectivity index (χ1n) is 9.48. The predicted octanol–water partition coefficient (Wildman–Crippen LogP) is 1.62. The second-order valence-electron chi connectivity index (χ2n) is 7.95. The molecule has 1 aliphatic heterocycles. The van der Waals surface area contributed by atoms with Crippen molar-refractivity contribution in [3.05, 3.63) is 35.4 Å². The molecule has 0 bridgehead atoms. The summed E-state index contributed by atoms with van der Waals surface area (Å²) in [5.41, 5.74) is 2.01. The molecule has 0 unspecified atom stereocenters. The number of carbonyl (C=O) groups is 2. The third kappa shape index (κ3) is 7.66. The Bertz CT molecular complexity index is 636. The van der Waals surface area contributed by atoms with Crippen LogP contribution in [0.2, 0.25) is 0 Å². The molecule has 1 heterocycles. The highest BCUT2D eigenvalue weighted by Gasteiger charge is 2.19. The zero-order chi connectivity index (χ0) is 19.9. The third-order valence-electron chi connectivity index (χ3n) is 4.33. The number of benzene rings is 1. The normalized spacial score (nSPS) is 16.6. The molecule has 7 nitrogen and oxygen atoms in total. The highest BCUT2D eigenvalue weighted by molar-refractivity contribution is 5.97. The van der Waals surface area contributed by atoms with E-state index in [9.17, 15) is 9.59 Å². The van der Waals surface area contributed by atoms with Crippen LogP contribution in [0.5, 0.6) is 0 Å². The molecule has 1 aromatic carbocycles. The van der Waals surface area contributed by atoms with E-state index in [1.807, 2.05) is 32.9 Å². The van der Waals surface area contributed by atoms with Gasteiger partial charge in [-0.25, -0.2) is 4.79 Å². The van der Waals surface area contributed by atoms with E-state index in [1.54, 1.807) is 6.92 Å². The number of nitrogens with zero attached hydrogens (tertiary/aromatic N) is 1. The lowest BCUT2D eigenvalue weighted by Crippen LogP contribution is -2.52. The highest BCUT2D eigenvalue weighted by atomic mass is 16.5. The quantitative estimate of drug-likeness (QED) is 0.703. The molecule has 2 rings (SSSR count). The Labute approximate surface area is 161 Å². The Kier molecular flexibility index (Phi) is 7.77. The summed E-state index contributed by atoms with van der Waals surface area (Å²) in [6.07, 6.45) is 0. The number of hydrogen-bond donors (Lipinski definition) is 3. The van der Waals surface area contributed by atoms with Crippen molar-refractivity contribution in [3.8, 4) is 0 Å². The molecular formula is C20H32N4O3. The minimum absolute atomic E-state index is 0.345. The molecular weight excluding hydrogens is 344 g/mol. The van der Waals surface area contributed by atoms with Gasteiger partial charge in [0.25, 0.3) is 0 Å². The number of hydrogen-bond acceptors (Lipinski definition) is 5. The number of morpholine rings is 1. The van der Waals surface area contributed by atoms with Crippen molar-refractivity contribution in [2.75, 3.05) is 26.3 Å². The summed E-state index contributed by atoms with van der Waals surface area (Å²) < 4.78 is 5.40. The zero-order valence-electron chi connectivity index (χ0n) is 16.8. The van der Waals surface area contributed by atoms with Gasteiger partial charge in [-0.1, -0.05) is 24.3 Å². The van der Waals surface area contributed by atoms with E-state index in [1.165, 1.54) is 5.56 Å². The number of ether oxygens (including phenoxy) is 1. The van der Waals surface area contributed by atoms with Crippen molar-refractivity contribution in [2.45, 2.75) is 52.4 Å². The zero-order valence-corrected chi connectivity index (χ0v) is 16.8. The van der Waals surface area contributed by atoms with Crippen molar-refractivity contribution < 1.29 is 14.3 Å². The molecule has 1 atom stereocenters. The second kappa shape index (κ2) is 9.82. The van der Waals surface area contributed by atoms with E-state index < -0.39 is 12.1 Å². The van der Waals surface area contributed by atoms with E-state index >= 15 is 0 Å². The molecule has 1 fully saturated rings. The van der Waals surface area contributed by atoms with Gasteiger partial charge in [-0.2, -0.15) is 0 Å². The minimum atomic E-state index is -0.479. The van der Waals surface area contributed by atoms with Crippen LogP contribution >= 0.6 is 0 Å². The second-order valence-corrected chi connectivity index (χ2v) is 7.95. The summed E-state index contributed by atoms with van der Waals surface area (Å²) in [6.45, 7) is 12.2. The summed E-state index contributed by atoms with van der Waals surface area (Å²) in [7, 11) is 0. The fraction of sp³-hybridized carbons (Fsp3) is 0.600. The van der Waals surface area contributed by atoms with Gasteiger partial charge in [0.1, 0.15) is 0 Å². The van der Waals surface area contributed by atoms with Gasteiger partial charge >= 0.3 is 6.03 Å². The number of imide groups is 1. The fourth-order valence-electron chi connectivity index (χ4n) is 2.83. The van der Waals surface area contributed by atoms with Crippen molar-refractivity contribution >= 4 is 11.9 Å². The molecule has 150 valence electrons. The highest BCUT2D eigenvalue weighted by Crippen LogP contribution is 2.13. The van der Waals surface area contributed by atoms with Crippen LogP contribution in [-0.2, 0) is 22.6 Å². The van der Waals surface area contributed by atoms with E-state index in [0.717, 1.165) is 38.4 Å². The first-order valence-corrected chi connectivity index (χ1v) is 9.48. The maximum absolute atomic E-state index is 12.2. The Morgan fingerprint density at radius 3 is 2.41 bits per heavy atom. The van der Waals surface area contributed by atoms with Crippen molar-refractivity contribution in [2.24, 2.45) is 0 Å². The monoisotopic (exact) mass is 376 g/mol. The summed E-state index contributed by atoms with van der Waals surface area (Å²) in [5.74, 6) is -0.345. The minimum Gasteiger partial charge on any atom is -0.379 e. The maximum atomic E-state index is 12.2. The van der Waals surface area contributed by atoms with Gasteiger partial charge in [-0.05, 0) is 38.8 Å². The van der Waals surface area contributed by atoms with E-state index in [0.29, 0.717) is 6.54 Å². The van der Waals surface area contributed by atoms with E-state index in [2.05, 4.69) is 33.0 Å². The van der Waals surface area contributed by atoms with Crippen LogP contribution in [0.3, 0.4) is 0 Å². The average Bonchev–Trinajstić information content (AvgIpc) is 2.60. The van der Waals surface area contributed by atoms with E-state index in [4.69, 9.17) is 4.74 Å². The van der Waals surface area contributed by atoms with Gasteiger partial charge in [0.2, 0.25) is 5.91 Å². The van der Waals surface area contributed by atoms with E-state index in [-0.39, 0.29) is 11.4 Å². The summed E-state index contributed by atoms with van der Waals surface area (Å²) in [5, 5.41) is 8.31. The van der Waals surface area contributed by atoms with Crippen molar-refractivity contribution in [1.29, 1.82) is 0 Å². The Morgan fingerprint density at radius 1 is 1.15 bits per heavy atom.